The van der Waals surface area contributed by atoms with Gasteiger partial charge in [-0.3, -0.25) is 9.89 Å². The van der Waals surface area contributed by atoms with Crippen LogP contribution in [-0.4, -0.2) is 47.8 Å². The molecule has 6 heteroatoms. The summed E-state index contributed by atoms with van der Waals surface area (Å²) in [6, 6.07) is 9.38. The van der Waals surface area contributed by atoms with Gasteiger partial charge in [0.2, 0.25) is 0 Å². The van der Waals surface area contributed by atoms with Crippen molar-refractivity contribution in [1.82, 2.24) is 15.1 Å². The molecule has 2 heterocycles. The predicted molar refractivity (Wildman–Crippen MR) is 90.4 cm³/mol. The number of aryl methyl sites for hydroxylation is 1. The highest BCUT2D eigenvalue weighted by atomic mass is 16.5. The highest BCUT2D eigenvalue weighted by Crippen LogP contribution is 2.22. The number of carbonyl (C=O) groups is 1. The van der Waals surface area contributed by atoms with Gasteiger partial charge in [0.1, 0.15) is 17.2 Å². The summed E-state index contributed by atoms with van der Waals surface area (Å²) in [6.07, 6.45) is 2.05. The Balaban J connectivity index is 1.56. The minimum Gasteiger partial charge on any atom is -0.497 e. The summed E-state index contributed by atoms with van der Waals surface area (Å²) in [5, 5.41) is 6.89. The van der Waals surface area contributed by atoms with E-state index in [4.69, 9.17) is 9.47 Å². The molecule has 0 unspecified atom stereocenters. The molecule has 1 aromatic carbocycles. The summed E-state index contributed by atoms with van der Waals surface area (Å²) in [5.74, 6) is 1.89. The second-order valence-corrected chi connectivity index (χ2v) is 6.19. The second kappa shape index (κ2) is 7.38. The van der Waals surface area contributed by atoms with E-state index in [-0.39, 0.29) is 5.91 Å². The zero-order valence-electron chi connectivity index (χ0n) is 14.1. The van der Waals surface area contributed by atoms with Gasteiger partial charge in [0.15, 0.2) is 0 Å². The number of benzene rings is 1. The van der Waals surface area contributed by atoms with Crippen LogP contribution < -0.4 is 9.47 Å². The second-order valence-electron chi connectivity index (χ2n) is 6.19. The Bertz CT molecular complexity index is 698. The van der Waals surface area contributed by atoms with Crippen LogP contribution in [0.2, 0.25) is 0 Å². The van der Waals surface area contributed by atoms with Gasteiger partial charge in [0, 0.05) is 30.8 Å². The number of ether oxygens (including phenoxy) is 2. The number of methoxy groups -OCH3 is 1. The van der Waals surface area contributed by atoms with Gasteiger partial charge < -0.3 is 14.4 Å². The van der Waals surface area contributed by atoms with E-state index in [1.165, 1.54) is 0 Å². The van der Waals surface area contributed by atoms with E-state index in [2.05, 4.69) is 10.2 Å². The molecule has 2 aromatic rings. The zero-order valence-corrected chi connectivity index (χ0v) is 14.1. The SMILES string of the molecule is COc1cccc(OC[C@H]2CCCN(C(=O)c3cc(C)[nH]n3)C2)c1. The van der Waals surface area contributed by atoms with Crippen LogP contribution in [0, 0.1) is 12.8 Å². The molecule has 1 aliphatic rings. The van der Waals surface area contributed by atoms with E-state index in [0.717, 1.165) is 36.6 Å². The quantitative estimate of drug-likeness (QED) is 0.916. The van der Waals surface area contributed by atoms with Gasteiger partial charge in [0.05, 0.1) is 13.7 Å². The Morgan fingerprint density at radius 3 is 2.96 bits per heavy atom. The average Bonchev–Trinajstić information content (AvgIpc) is 3.06. The fourth-order valence-corrected chi connectivity index (χ4v) is 2.98. The van der Waals surface area contributed by atoms with Crippen LogP contribution in [0.5, 0.6) is 11.5 Å². The third kappa shape index (κ3) is 3.88. The molecule has 0 bridgehead atoms. The summed E-state index contributed by atoms with van der Waals surface area (Å²) >= 11 is 0. The Hall–Kier alpha value is -2.50. The number of aromatic amines is 1. The monoisotopic (exact) mass is 329 g/mol. The molecule has 0 radical (unpaired) electrons. The first kappa shape index (κ1) is 16.4. The van der Waals surface area contributed by atoms with E-state index in [9.17, 15) is 4.79 Å². The number of rotatable bonds is 5. The first-order valence-corrected chi connectivity index (χ1v) is 8.24. The van der Waals surface area contributed by atoms with Crippen molar-refractivity contribution in [2.24, 2.45) is 5.92 Å². The van der Waals surface area contributed by atoms with Crippen molar-refractivity contribution in [3.8, 4) is 11.5 Å². The van der Waals surface area contributed by atoms with Crippen molar-refractivity contribution < 1.29 is 14.3 Å². The minimum absolute atomic E-state index is 0.00886. The number of hydrogen-bond acceptors (Lipinski definition) is 4. The molecule has 1 N–H and O–H groups in total. The maximum Gasteiger partial charge on any atom is 0.274 e. The molecule has 0 aliphatic carbocycles. The average molecular weight is 329 g/mol. The standard InChI is InChI=1S/C18H23N3O3/c1-13-9-17(20-19-13)18(22)21-8-4-5-14(11-21)12-24-16-7-3-6-15(10-16)23-2/h3,6-7,9-10,14H,4-5,8,11-12H2,1-2H3,(H,19,20)/t14-/m0/s1. The van der Waals surface area contributed by atoms with E-state index in [0.29, 0.717) is 24.8 Å². The van der Waals surface area contributed by atoms with Gasteiger partial charge in [-0.15, -0.1) is 0 Å². The number of nitrogens with one attached hydrogen (secondary N) is 1. The van der Waals surface area contributed by atoms with Gasteiger partial charge >= 0.3 is 0 Å². The van der Waals surface area contributed by atoms with Crippen molar-refractivity contribution in [2.45, 2.75) is 19.8 Å². The molecule has 1 aromatic heterocycles. The summed E-state index contributed by atoms with van der Waals surface area (Å²) in [7, 11) is 1.64. The van der Waals surface area contributed by atoms with Crippen LogP contribution >= 0.6 is 0 Å². The molecule has 0 spiro atoms. The normalized spacial score (nSPS) is 17.6. The Morgan fingerprint density at radius 1 is 1.38 bits per heavy atom. The van der Waals surface area contributed by atoms with Crippen molar-refractivity contribution in [2.75, 3.05) is 26.8 Å². The maximum absolute atomic E-state index is 12.5. The van der Waals surface area contributed by atoms with Gasteiger partial charge in [-0.1, -0.05) is 6.07 Å². The topological polar surface area (TPSA) is 67.5 Å². The molecule has 1 atom stereocenters. The highest BCUT2D eigenvalue weighted by molar-refractivity contribution is 5.92. The molecule has 24 heavy (non-hydrogen) atoms. The summed E-state index contributed by atoms with van der Waals surface area (Å²) in [4.78, 5) is 14.4. The number of nitrogens with zero attached hydrogens (tertiary/aromatic N) is 2. The van der Waals surface area contributed by atoms with E-state index in [1.807, 2.05) is 36.1 Å². The largest absolute Gasteiger partial charge is 0.497 e. The summed E-state index contributed by atoms with van der Waals surface area (Å²) in [6.45, 7) is 3.97. The lowest BCUT2D eigenvalue weighted by atomic mass is 9.98. The smallest absolute Gasteiger partial charge is 0.274 e. The number of hydrogen-bond donors (Lipinski definition) is 1. The lowest BCUT2D eigenvalue weighted by Crippen LogP contribution is -2.41. The van der Waals surface area contributed by atoms with Gasteiger partial charge in [-0.2, -0.15) is 5.10 Å². The van der Waals surface area contributed by atoms with Crippen molar-refractivity contribution in [3.05, 3.63) is 41.7 Å². The molecule has 0 saturated carbocycles. The molecule has 128 valence electrons. The van der Waals surface area contributed by atoms with Gasteiger partial charge in [-0.05, 0) is 38.0 Å². The van der Waals surface area contributed by atoms with Crippen LogP contribution in [-0.2, 0) is 0 Å². The first-order chi connectivity index (χ1) is 11.7. The fourth-order valence-electron chi connectivity index (χ4n) is 2.98. The third-order valence-electron chi connectivity index (χ3n) is 4.26. The molecule has 1 fully saturated rings. The van der Waals surface area contributed by atoms with Crippen LogP contribution in [0.15, 0.2) is 30.3 Å². The summed E-state index contributed by atoms with van der Waals surface area (Å²) < 4.78 is 11.1. The lowest BCUT2D eigenvalue weighted by molar-refractivity contribution is 0.0627. The van der Waals surface area contributed by atoms with Gasteiger partial charge in [0.25, 0.3) is 5.91 Å². The molecule has 1 saturated heterocycles. The van der Waals surface area contributed by atoms with Crippen LogP contribution in [0.1, 0.15) is 29.0 Å². The fraction of sp³-hybridized carbons (Fsp3) is 0.444. The third-order valence-corrected chi connectivity index (χ3v) is 4.26. The number of likely N-dealkylation sites (tertiary alicyclic amines) is 1. The molecule has 1 amide bonds. The zero-order chi connectivity index (χ0) is 16.9. The van der Waals surface area contributed by atoms with Crippen molar-refractivity contribution >= 4 is 5.91 Å². The van der Waals surface area contributed by atoms with Crippen LogP contribution in [0.4, 0.5) is 0 Å². The predicted octanol–water partition coefficient (Wildman–Crippen LogP) is 2.66. The Kier molecular flexibility index (Phi) is 5.03. The molecule has 1 aliphatic heterocycles. The molecular formula is C18H23N3O3. The maximum atomic E-state index is 12.5. The number of carbonyl (C=O) groups excluding carboxylic acids is 1. The number of aromatic nitrogens is 2. The summed E-state index contributed by atoms with van der Waals surface area (Å²) in [5.41, 5.74) is 1.38. The van der Waals surface area contributed by atoms with E-state index >= 15 is 0 Å². The molecule has 6 nitrogen and oxygen atoms in total. The minimum atomic E-state index is -0.00886. The Labute approximate surface area is 141 Å². The molecular weight excluding hydrogens is 306 g/mol. The molecule has 3 rings (SSSR count). The first-order valence-electron chi connectivity index (χ1n) is 8.24. The van der Waals surface area contributed by atoms with E-state index in [1.54, 1.807) is 13.2 Å². The number of H-pyrrole nitrogens is 1. The van der Waals surface area contributed by atoms with E-state index < -0.39 is 0 Å². The van der Waals surface area contributed by atoms with Crippen LogP contribution in [0.25, 0.3) is 0 Å². The van der Waals surface area contributed by atoms with Gasteiger partial charge in [-0.25, -0.2) is 0 Å². The lowest BCUT2D eigenvalue weighted by Gasteiger charge is -2.32. The van der Waals surface area contributed by atoms with Crippen LogP contribution in [0.3, 0.4) is 0 Å². The van der Waals surface area contributed by atoms with Crippen molar-refractivity contribution in [1.29, 1.82) is 0 Å². The van der Waals surface area contributed by atoms with Crippen molar-refractivity contribution in [3.63, 3.8) is 0 Å². The Morgan fingerprint density at radius 2 is 2.21 bits per heavy atom. The number of piperidine rings is 1. The highest BCUT2D eigenvalue weighted by Gasteiger charge is 2.26. The number of amides is 1.